The number of hydrogen-bond donors (Lipinski definition) is 0. The number of rotatable bonds is 2. The molecule has 0 N–H and O–H groups in total. The summed E-state index contributed by atoms with van der Waals surface area (Å²) in [6.45, 7) is 4.83. The lowest BCUT2D eigenvalue weighted by molar-refractivity contribution is -0.487. The summed E-state index contributed by atoms with van der Waals surface area (Å²) in [4.78, 5) is 0. The summed E-state index contributed by atoms with van der Waals surface area (Å²) in [5, 5.41) is 11.5. The first kappa shape index (κ1) is 10.8. The maximum absolute atomic E-state index is 11.5. The van der Waals surface area contributed by atoms with Crippen molar-refractivity contribution in [3.63, 3.8) is 0 Å². The Morgan fingerprint density at radius 2 is 1.94 bits per heavy atom. The second-order valence-corrected chi connectivity index (χ2v) is 3.99. The third-order valence-corrected chi connectivity index (χ3v) is 2.35. The standard InChI is InChI=1S/C12H15NO3/c1-9(2)13(14)8-10-3-4-11-12(7-10)16-6-5-15-11/h3-4,7-9H,5-6H2,1-2H3. The van der Waals surface area contributed by atoms with E-state index in [1.165, 1.54) is 0 Å². The fourth-order valence-electron chi connectivity index (χ4n) is 1.44. The van der Waals surface area contributed by atoms with E-state index < -0.39 is 0 Å². The van der Waals surface area contributed by atoms with Crippen molar-refractivity contribution >= 4 is 6.21 Å². The van der Waals surface area contributed by atoms with Crippen molar-refractivity contribution < 1.29 is 14.2 Å². The van der Waals surface area contributed by atoms with E-state index in [-0.39, 0.29) is 6.04 Å². The van der Waals surface area contributed by atoms with E-state index in [1.807, 2.05) is 32.0 Å². The molecule has 0 fully saturated rings. The van der Waals surface area contributed by atoms with Gasteiger partial charge in [0.15, 0.2) is 23.8 Å². The molecule has 0 atom stereocenters. The molecule has 1 aliphatic heterocycles. The highest BCUT2D eigenvalue weighted by atomic mass is 16.6. The molecule has 1 aliphatic rings. The van der Waals surface area contributed by atoms with E-state index in [0.717, 1.165) is 16.1 Å². The van der Waals surface area contributed by atoms with Gasteiger partial charge in [0.1, 0.15) is 13.2 Å². The molecule has 0 saturated carbocycles. The third kappa shape index (κ3) is 2.27. The topological polar surface area (TPSA) is 44.5 Å². The van der Waals surface area contributed by atoms with Gasteiger partial charge in [0.05, 0.1) is 0 Å². The lowest BCUT2D eigenvalue weighted by Gasteiger charge is -2.18. The van der Waals surface area contributed by atoms with Gasteiger partial charge in [-0.1, -0.05) is 0 Å². The predicted octanol–water partition coefficient (Wildman–Crippen LogP) is 1.80. The highest BCUT2D eigenvalue weighted by Crippen LogP contribution is 2.30. The SMILES string of the molecule is CC(C)[N+]([O-])=Cc1ccc2c(c1)OCCO2. The maximum atomic E-state index is 11.5. The molecule has 0 aromatic heterocycles. The molecule has 1 aromatic carbocycles. The Morgan fingerprint density at radius 1 is 1.25 bits per heavy atom. The van der Waals surface area contributed by atoms with Gasteiger partial charge in [-0.05, 0) is 32.0 Å². The fraction of sp³-hybridized carbons (Fsp3) is 0.417. The van der Waals surface area contributed by atoms with Gasteiger partial charge in [-0.3, -0.25) is 0 Å². The van der Waals surface area contributed by atoms with Gasteiger partial charge in [0.25, 0.3) is 0 Å². The normalized spacial score (nSPS) is 15.3. The van der Waals surface area contributed by atoms with Crippen LogP contribution in [0.5, 0.6) is 11.5 Å². The van der Waals surface area contributed by atoms with Crippen LogP contribution in [0, 0.1) is 5.21 Å². The van der Waals surface area contributed by atoms with Gasteiger partial charge in [-0.25, -0.2) is 4.74 Å². The Labute approximate surface area is 94.7 Å². The molecule has 2 rings (SSSR count). The second kappa shape index (κ2) is 4.43. The Morgan fingerprint density at radius 3 is 2.62 bits per heavy atom. The molecule has 16 heavy (non-hydrogen) atoms. The molecule has 0 spiro atoms. The van der Waals surface area contributed by atoms with Crippen LogP contribution in [0.15, 0.2) is 18.2 Å². The van der Waals surface area contributed by atoms with Crippen LogP contribution in [0.3, 0.4) is 0 Å². The molecule has 1 aromatic rings. The summed E-state index contributed by atoms with van der Waals surface area (Å²) in [7, 11) is 0. The first-order valence-electron chi connectivity index (χ1n) is 5.37. The lowest BCUT2D eigenvalue weighted by atomic mass is 10.2. The first-order chi connectivity index (χ1) is 7.66. The minimum absolute atomic E-state index is 0.0619. The highest BCUT2D eigenvalue weighted by molar-refractivity contribution is 5.77. The summed E-state index contributed by atoms with van der Waals surface area (Å²) in [6.07, 6.45) is 1.56. The smallest absolute Gasteiger partial charge is 0.182 e. The Hall–Kier alpha value is -1.71. The second-order valence-electron chi connectivity index (χ2n) is 3.99. The van der Waals surface area contributed by atoms with Crippen molar-refractivity contribution in [1.82, 2.24) is 0 Å². The van der Waals surface area contributed by atoms with E-state index >= 15 is 0 Å². The lowest BCUT2D eigenvalue weighted by Crippen LogP contribution is -2.17. The third-order valence-electron chi connectivity index (χ3n) is 2.35. The Balaban J connectivity index is 2.27. The van der Waals surface area contributed by atoms with E-state index in [0.29, 0.717) is 19.0 Å². The number of hydroxylamine groups is 1. The number of nitrogens with zero attached hydrogens (tertiary/aromatic N) is 1. The molecule has 0 unspecified atom stereocenters. The van der Waals surface area contributed by atoms with Gasteiger partial charge in [-0.15, -0.1) is 0 Å². The quantitative estimate of drug-likeness (QED) is 0.331. The van der Waals surface area contributed by atoms with Gasteiger partial charge in [0, 0.05) is 5.56 Å². The van der Waals surface area contributed by atoms with E-state index in [9.17, 15) is 5.21 Å². The van der Waals surface area contributed by atoms with Crippen LogP contribution in [0.25, 0.3) is 0 Å². The van der Waals surface area contributed by atoms with Crippen LogP contribution >= 0.6 is 0 Å². The molecule has 0 aliphatic carbocycles. The van der Waals surface area contributed by atoms with Gasteiger partial charge >= 0.3 is 0 Å². The van der Waals surface area contributed by atoms with Gasteiger partial charge in [-0.2, -0.15) is 0 Å². The van der Waals surface area contributed by atoms with E-state index in [1.54, 1.807) is 6.21 Å². The maximum Gasteiger partial charge on any atom is 0.182 e. The summed E-state index contributed by atoms with van der Waals surface area (Å²) in [5.74, 6) is 1.45. The van der Waals surface area contributed by atoms with Crippen molar-refractivity contribution in [2.75, 3.05) is 13.2 Å². The number of hydrogen-bond acceptors (Lipinski definition) is 3. The predicted molar refractivity (Wildman–Crippen MR) is 61.4 cm³/mol. The average Bonchev–Trinajstić information content (AvgIpc) is 2.28. The van der Waals surface area contributed by atoms with Crippen LogP contribution < -0.4 is 9.47 Å². The van der Waals surface area contributed by atoms with Crippen LogP contribution in [0.2, 0.25) is 0 Å². The Kier molecular flexibility index (Phi) is 2.99. The molecular weight excluding hydrogens is 206 g/mol. The molecule has 4 nitrogen and oxygen atoms in total. The number of ether oxygens (including phenoxy) is 2. The minimum atomic E-state index is -0.0619. The summed E-state index contributed by atoms with van der Waals surface area (Å²) < 4.78 is 11.8. The van der Waals surface area contributed by atoms with E-state index in [2.05, 4.69) is 0 Å². The van der Waals surface area contributed by atoms with Crippen LogP contribution in [0.1, 0.15) is 19.4 Å². The van der Waals surface area contributed by atoms with E-state index in [4.69, 9.17) is 9.47 Å². The fourth-order valence-corrected chi connectivity index (χ4v) is 1.44. The zero-order chi connectivity index (χ0) is 11.5. The molecule has 0 amide bonds. The zero-order valence-electron chi connectivity index (χ0n) is 9.47. The van der Waals surface area contributed by atoms with Crippen molar-refractivity contribution in [3.05, 3.63) is 29.0 Å². The summed E-state index contributed by atoms with van der Waals surface area (Å²) >= 11 is 0. The van der Waals surface area contributed by atoms with Crippen molar-refractivity contribution in [3.8, 4) is 11.5 Å². The van der Waals surface area contributed by atoms with Gasteiger partial charge < -0.3 is 14.7 Å². The van der Waals surface area contributed by atoms with Crippen LogP contribution in [-0.4, -0.2) is 30.2 Å². The molecular formula is C12H15NO3. The van der Waals surface area contributed by atoms with Crippen molar-refractivity contribution in [1.29, 1.82) is 0 Å². The molecule has 1 heterocycles. The minimum Gasteiger partial charge on any atom is -0.624 e. The zero-order valence-corrected chi connectivity index (χ0v) is 9.47. The van der Waals surface area contributed by atoms with Crippen LogP contribution in [0.4, 0.5) is 0 Å². The molecule has 0 radical (unpaired) electrons. The number of fused-ring (bicyclic) bond motifs is 1. The molecule has 0 saturated heterocycles. The van der Waals surface area contributed by atoms with Crippen molar-refractivity contribution in [2.45, 2.75) is 19.9 Å². The summed E-state index contributed by atoms with van der Waals surface area (Å²) in [6, 6.07) is 5.44. The molecule has 4 heteroatoms. The Bertz CT molecular complexity index is 413. The summed E-state index contributed by atoms with van der Waals surface area (Å²) in [5.41, 5.74) is 0.827. The average molecular weight is 221 g/mol. The van der Waals surface area contributed by atoms with Crippen LogP contribution in [-0.2, 0) is 0 Å². The monoisotopic (exact) mass is 221 g/mol. The molecule has 0 bridgehead atoms. The highest BCUT2D eigenvalue weighted by Gasteiger charge is 2.12. The van der Waals surface area contributed by atoms with Gasteiger partial charge in [0.2, 0.25) is 0 Å². The largest absolute Gasteiger partial charge is 0.624 e. The molecule has 86 valence electrons. The number of benzene rings is 1. The van der Waals surface area contributed by atoms with Crippen molar-refractivity contribution in [2.24, 2.45) is 0 Å². The first-order valence-corrected chi connectivity index (χ1v) is 5.37.